The van der Waals surface area contributed by atoms with Gasteiger partial charge < -0.3 is 0 Å². The number of halogens is 1. The van der Waals surface area contributed by atoms with E-state index in [1.165, 1.54) is 0 Å². The lowest BCUT2D eigenvalue weighted by molar-refractivity contribution is 1.07. The quantitative estimate of drug-likeness (QED) is 0.334. The van der Waals surface area contributed by atoms with E-state index in [-0.39, 0.29) is 22.2 Å². The second-order valence-electron chi connectivity index (χ2n) is 5.58. The van der Waals surface area contributed by atoms with E-state index >= 15 is 0 Å². The van der Waals surface area contributed by atoms with Gasteiger partial charge in [-0.2, -0.15) is 9.97 Å². The molecule has 138 valence electrons. The van der Waals surface area contributed by atoms with Crippen molar-refractivity contribution < 1.29 is 20.6 Å². The standard InChI is InChI=1S/C25H16ClN3/c26-25-28-23(18-9-5-2-6-10-18)27-24(29-25)22-14-13-20-15-19(11-12-21(20)16-22)17-7-3-1-4-8-17/h1-16H/i1D,2D,3D,4D,5D,6D,7D,8D,9D,10D,11D,12D,13D,15D,16D. The Balaban J connectivity index is 1.83. The second kappa shape index (κ2) is 7.46. The molecule has 0 saturated carbocycles. The molecule has 0 bridgehead atoms. The monoisotopic (exact) mass is 408 g/mol. The molecule has 1 heterocycles. The molecule has 3 nitrogen and oxygen atoms in total. The SMILES string of the molecule is [2H]c1c([2H])c([2H])c(-c2nc(Cl)nc(-c3cc([2H])c4c([2H])c(-c5c([2H])c([2H])c([2H])c([2H])c5[2H])c([2H])c([2H])c4c3[2H])n2)c([2H])c1[2H]. The lowest BCUT2D eigenvalue weighted by Crippen LogP contribution is -1.97. The minimum Gasteiger partial charge on any atom is -0.208 e. The van der Waals surface area contributed by atoms with Gasteiger partial charge in [-0.3, -0.25) is 0 Å². The third kappa shape index (κ3) is 3.60. The van der Waals surface area contributed by atoms with Crippen molar-refractivity contribution in [2.75, 3.05) is 0 Å². The summed E-state index contributed by atoms with van der Waals surface area (Å²) in [6, 6.07) is -8.65. The lowest BCUT2D eigenvalue weighted by Gasteiger charge is -2.08. The number of benzene rings is 4. The van der Waals surface area contributed by atoms with E-state index in [1.807, 2.05) is 0 Å². The minimum atomic E-state index is -0.723. The van der Waals surface area contributed by atoms with Gasteiger partial charge in [-0.15, -0.1) is 0 Å². The van der Waals surface area contributed by atoms with Crippen LogP contribution < -0.4 is 0 Å². The molecule has 0 spiro atoms. The Labute approximate surface area is 194 Å². The molecular weight excluding hydrogens is 378 g/mol. The Hall–Kier alpha value is -3.56. The van der Waals surface area contributed by atoms with Crippen molar-refractivity contribution in [3.8, 4) is 33.9 Å². The van der Waals surface area contributed by atoms with Crippen LogP contribution in [0.1, 0.15) is 20.6 Å². The van der Waals surface area contributed by atoms with Crippen LogP contribution in [0.15, 0.2) is 96.7 Å². The molecule has 0 aliphatic heterocycles. The lowest BCUT2D eigenvalue weighted by atomic mass is 10.00. The van der Waals surface area contributed by atoms with Crippen LogP contribution in [0.5, 0.6) is 0 Å². The van der Waals surface area contributed by atoms with Crippen LogP contribution in [-0.4, -0.2) is 15.0 Å². The summed E-state index contributed by atoms with van der Waals surface area (Å²) in [7, 11) is 0. The average molecular weight is 409 g/mol. The highest BCUT2D eigenvalue weighted by Gasteiger charge is 2.10. The Bertz CT molecular complexity index is 2040. The summed E-state index contributed by atoms with van der Waals surface area (Å²) in [6.45, 7) is 0. The summed E-state index contributed by atoms with van der Waals surface area (Å²) in [5.41, 5.74) is -1.59. The van der Waals surface area contributed by atoms with Crippen molar-refractivity contribution >= 4 is 22.4 Å². The van der Waals surface area contributed by atoms with Gasteiger partial charge in [0.2, 0.25) is 5.28 Å². The smallest absolute Gasteiger partial charge is 0.208 e. The number of hydrogen-bond donors (Lipinski definition) is 0. The highest BCUT2D eigenvalue weighted by Crippen LogP contribution is 2.28. The Morgan fingerprint density at radius 3 is 1.86 bits per heavy atom. The fourth-order valence-corrected chi connectivity index (χ4v) is 2.65. The average Bonchev–Trinajstić information content (AvgIpc) is 2.98. The highest BCUT2D eigenvalue weighted by atomic mass is 35.5. The molecule has 0 unspecified atom stereocenters. The molecule has 0 saturated heterocycles. The first kappa shape index (κ1) is 7.69. The van der Waals surface area contributed by atoms with Gasteiger partial charge in [0.15, 0.2) is 11.6 Å². The van der Waals surface area contributed by atoms with Crippen LogP contribution in [0, 0.1) is 0 Å². The number of rotatable bonds is 3. The van der Waals surface area contributed by atoms with Crippen molar-refractivity contribution in [2.45, 2.75) is 0 Å². The number of hydrogen-bond acceptors (Lipinski definition) is 3. The molecule has 29 heavy (non-hydrogen) atoms. The first-order valence-corrected chi connectivity index (χ1v) is 8.49. The zero-order chi connectivity index (χ0) is 32.7. The Kier molecular flexibility index (Phi) is 1.98. The fraction of sp³-hybridized carbons (Fsp3) is 0. The topological polar surface area (TPSA) is 38.7 Å². The maximum Gasteiger partial charge on any atom is 0.226 e. The molecule has 4 heteroatoms. The zero-order valence-corrected chi connectivity index (χ0v) is 15.1. The van der Waals surface area contributed by atoms with Crippen LogP contribution >= 0.6 is 11.6 Å². The van der Waals surface area contributed by atoms with Crippen molar-refractivity contribution in [2.24, 2.45) is 0 Å². The maximum absolute atomic E-state index is 8.86. The van der Waals surface area contributed by atoms with Crippen LogP contribution in [0.2, 0.25) is 5.28 Å². The summed E-state index contributed by atoms with van der Waals surface area (Å²) in [6.07, 6.45) is 0. The van der Waals surface area contributed by atoms with Gasteiger partial charge in [0, 0.05) is 11.1 Å². The van der Waals surface area contributed by atoms with Crippen LogP contribution in [0.4, 0.5) is 0 Å². The highest BCUT2D eigenvalue weighted by molar-refractivity contribution is 6.28. The third-order valence-electron chi connectivity index (χ3n) is 3.76. The first-order valence-electron chi connectivity index (χ1n) is 15.6. The molecule has 5 aromatic rings. The van der Waals surface area contributed by atoms with E-state index in [9.17, 15) is 0 Å². The molecule has 0 radical (unpaired) electrons. The minimum absolute atomic E-state index is 0.219. The molecule has 0 fully saturated rings. The molecule has 4 aromatic carbocycles. The van der Waals surface area contributed by atoms with E-state index in [0.29, 0.717) is 0 Å². The molecule has 0 amide bonds. The van der Waals surface area contributed by atoms with Crippen molar-refractivity contribution in [3.63, 3.8) is 0 Å². The summed E-state index contributed by atoms with van der Waals surface area (Å²) >= 11 is 6.11. The normalized spacial score (nSPS) is 18.2. The van der Waals surface area contributed by atoms with E-state index in [1.54, 1.807) is 0 Å². The molecule has 0 aliphatic rings. The molecular formula is C25H16ClN3. The second-order valence-corrected chi connectivity index (χ2v) is 5.92. The molecule has 1 aromatic heterocycles. The summed E-state index contributed by atoms with van der Waals surface area (Å²) in [4.78, 5) is 12.0. The largest absolute Gasteiger partial charge is 0.226 e. The van der Waals surface area contributed by atoms with Gasteiger partial charge in [-0.1, -0.05) is 84.6 Å². The van der Waals surface area contributed by atoms with Gasteiger partial charge in [-0.05, 0) is 45.6 Å². The molecule has 5 rings (SSSR count). The van der Waals surface area contributed by atoms with E-state index in [0.717, 1.165) is 6.07 Å². The predicted molar refractivity (Wildman–Crippen MR) is 119 cm³/mol. The van der Waals surface area contributed by atoms with E-state index in [2.05, 4.69) is 15.0 Å². The maximum atomic E-state index is 8.86. The zero-order valence-electron chi connectivity index (χ0n) is 29.3. The van der Waals surface area contributed by atoms with E-state index in [4.69, 9.17) is 32.2 Å². The molecule has 0 aliphatic carbocycles. The van der Waals surface area contributed by atoms with Crippen LogP contribution in [-0.2, 0) is 0 Å². The Morgan fingerprint density at radius 1 is 0.552 bits per heavy atom. The number of aromatic nitrogens is 3. The van der Waals surface area contributed by atoms with Gasteiger partial charge >= 0.3 is 0 Å². The van der Waals surface area contributed by atoms with Crippen molar-refractivity contribution in [1.29, 1.82) is 0 Å². The third-order valence-corrected chi connectivity index (χ3v) is 3.92. The predicted octanol–water partition coefficient (Wildman–Crippen LogP) is 6.68. The van der Waals surface area contributed by atoms with Gasteiger partial charge in [0.25, 0.3) is 0 Å². The van der Waals surface area contributed by atoms with E-state index < -0.39 is 118 Å². The molecule has 0 atom stereocenters. The van der Waals surface area contributed by atoms with Crippen molar-refractivity contribution in [3.05, 3.63) is 102 Å². The number of fused-ring (bicyclic) bond motifs is 1. The summed E-state index contributed by atoms with van der Waals surface area (Å²) < 4.78 is 124. The molecule has 0 N–H and O–H groups in total. The number of nitrogens with zero attached hydrogens (tertiary/aromatic N) is 3. The van der Waals surface area contributed by atoms with Crippen molar-refractivity contribution in [1.82, 2.24) is 15.0 Å². The fourth-order valence-electron chi connectivity index (χ4n) is 2.49. The summed E-state index contributed by atoms with van der Waals surface area (Å²) in [5, 5.41) is -1.15. The van der Waals surface area contributed by atoms with Gasteiger partial charge in [0.1, 0.15) is 0 Å². The van der Waals surface area contributed by atoms with Crippen LogP contribution in [0.25, 0.3) is 44.7 Å². The first-order chi connectivity index (χ1) is 20.5. The Morgan fingerprint density at radius 2 is 1.14 bits per heavy atom. The summed E-state index contributed by atoms with van der Waals surface area (Å²) in [5.74, 6) is -0.785. The van der Waals surface area contributed by atoms with Crippen LogP contribution in [0.3, 0.4) is 0 Å². The van der Waals surface area contributed by atoms with Gasteiger partial charge in [0.05, 0.1) is 20.6 Å². The van der Waals surface area contributed by atoms with Gasteiger partial charge in [-0.25, -0.2) is 4.98 Å².